The Kier molecular flexibility index (Phi) is 3.27. The van der Waals surface area contributed by atoms with Gasteiger partial charge in [0.05, 0.1) is 17.3 Å². The van der Waals surface area contributed by atoms with Gasteiger partial charge in [-0.15, -0.1) is 0 Å². The van der Waals surface area contributed by atoms with E-state index in [4.69, 9.17) is 21.3 Å². The van der Waals surface area contributed by atoms with E-state index in [1.54, 1.807) is 0 Å². The maximum absolute atomic E-state index is 10.7. The Balaban J connectivity index is 2.15. The van der Waals surface area contributed by atoms with Crippen LogP contribution < -0.4 is 0 Å². The molecule has 1 aromatic heterocycles. The van der Waals surface area contributed by atoms with Crippen molar-refractivity contribution in [3.05, 3.63) is 40.5 Å². The van der Waals surface area contributed by atoms with Crippen LogP contribution in [0.5, 0.6) is 0 Å². The number of hydrogen-bond donors (Lipinski definition) is 0. The number of aromatic nitrogens is 1. The molecule has 104 valence electrons. The third-order valence-electron chi connectivity index (χ3n) is 3.69. The van der Waals surface area contributed by atoms with Crippen molar-refractivity contribution in [2.75, 3.05) is 0 Å². The maximum Gasteiger partial charge on any atom is 0.122 e. The second-order valence-electron chi connectivity index (χ2n) is 5.69. The van der Waals surface area contributed by atoms with Gasteiger partial charge in [-0.2, -0.15) is 0 Å². The van der Waals surface area contributed by atoms with Crippen LogP contribution in [0.3, 0.4) is 0 Å². The van der Waals surface area contributed by atoms with Gasteiger partial charge in [0.2, 0.25) is 0 Å². The zero-order valence-corrected chi connectivity index (χ0v) is 12.3. The first-order chi connectivity index (χ1) is 9.49. The first-order valence-electron chi connectivity index (χ1n) is 6.71. The molecule has 1 atom stereocenters. The molecule has 0 saturated carbocycles. The third-order valence-corrected chi connectivity index (χ3v) is 3.93. The fourth-order valence-corrected chi connectivity index (χ4v) is 3.05. The van der Waals surface area contributed by atoms with E-state index in [2.05, 4.69) is 6.07 Å². The second kappa shape index (κ2) is 4.83. The Labute approximate surface area is 122 Å². The predicted octanol–water partition coefficient (Wildman–Crippen LogP) is 3.65. The topological polar surface area (TPSA) is 39.2 Å². The number of carbonyl (C=O) groups excluding carboxylic acids is 1. The van der Waals surface area contributed by atoms with E-state index in [0.29, 0.717) is 17.9 Å². The highest BCUT2D eigenvalue weighted by atomic mass is 35.5. The molecule has 3 rings (SSSR count). The van der Waals surface area contributed by atoms with Gasteiger partial charge >= 0.3 is 0 Å². The van der Waals surface area contributed by atoms with Crippen molar-refractivity contribution in [2.24, 2.45) is 0 Å². The summed E-state index contributed by atoms with van der Waals surface area (Å²) in [6.07, 6.45) is 1.97. The monoisotopic (exact) mass is 289 g/mol. The maximum atomic E-state index is 10.7. The number of rotatable bonds is 2. The van der Waals surface area contributed by atoms with E-state index in [1.165, 1.54) is 0 Å². The van der Waals surface area contributed by atoms with E-state index in [-0.39, 0.29) is 6.10 Å². The minimum Gasteiger partial charge on any atom is -0.365 e. The van der Waals surface area contributed by atoms with Crippen molar-refractivity contribution < 1.29 is 9.53 Å². The number of halogens is 1. The molecule has 0 aliphatic carbocycles. The van der Waals surface area contributed by atoms with E-state index < -0.39 is 5.60 Å². The normalized spacial score (nSPS) is 20.6. The number of fused-ring (bicyclic) bond motifs is 2. The number of carbonyl (C=O) groups is 1. The van der Waals surface area contributed by atoms with Crippen LogP contribution in [-0.4, -0.2) is 17.4 Å². The fraction of sp³-hybridized carbons (Fsp3) is 0.375. The molecule has 0 fully saturated rings. The molecule has 2 heterocycles. The molecular weight excluding hydrogens is 274 g/mol. The molecule has 0 saturated heterocycles. The summed E-state index contributed by atoms with van der Waals surface area (Å²) in [6, 6.07) is 7.80. The van der Waals surface area contributed by atoms with Crippen LogP contribution in [0.25, 0.3) is 10.9 Å². The molecular formula is C16H16ClNO2. The number of aldehydes is 1. The van der Waals surface area contributed by atoms with Gasteiger partial charge in [0, 0.05) is 23.3 Å². The predicted molar refractivity (Wildman–Crippen MR) is 79.0 cm³/mol. The van der Waals surface area contributed by atoms with Crippen LogP contribution in [0.15, 0.2) is 24.3 Å². The average molecular weight is 290 g/mol. The Morgan fingerprint density at radius 3 is 3.00 bits per heavy atom. The van der Waals surface area contributed by atoms with Crippen molar-refractivity contribution in [1.82, 2.24) is 4.98 Å². The van der Waals surface area contributed by atoms with Gasteiger partial charge in [0.15, 0.2) is 0 Å². The largest absolute Gasteiger partial charge is 0.365 e. The number of benzene rings is 1. The molecule has 1 aromatic carbocycles. The quantitative estimate of drug-likeness (QED) is 0.792. The number of hydrogen-bond acceptors (Lipinski definition) is 3. The summed E-state index contributed by atoms with van der Waals surface area (Å²) in [4.78, 5) is 15.5. The summed E-state index contributed by atoms with van der Waals surface area (Å²) in [5.41, 5.74) is 2.53. The lowest BCUT2D eigenvalue weighted by Crippen LogP contribution is -2.37. The minimum atomic E-state index is -0.477. The molecule has 0 spiro atoms. The molecule has 20 heavy (non-hydrogen) atoms. The van der Waals surface area contributed by atoms with E-state index >= 15 is 0 Å². The Morgan fingerprint density at radius 2 is 2.25 bits per heavy atom. The first kappa shape index (κ1) is 13.5. The molecule has 4 heteroatoms. The van der Waals surface area contributed by atoms with Gasteiger partial charge in [-0.25, -0.2) is 4.98 Å². The van der Waals surface area contributed by atoms with E-state index in [9.17, 15) is 4.79 Å². The minimum absolute atomic E-state index is 0.0755. The Hall–Kier alpha value is -1.45. The summed E-state index contributed by atoms with van der Waals surface area (Å²) >= 11 is 6.04. The van der Waals surface area contributed by atoms with E-state index in [0.717, 1.165) is 28.4 Å². The highest BCUT2D eigenvalue weighted by Crippen LogP contribution is 2.36. The van der Waals surface area contributed by atoms with Gasteiger partial charge in [-0.05, 0) is 43.7 Å². The lowest BCUT2D eigenvalue weighted by Gasteiger charge is -2.36. The van der Waals surface area contributed by atoms with Crippen LogP contribution in [0.4, 0.5) is 0 Å². The Morgan fingerprint density at radius 1 is 1.45 bits per heavy atom. The summed E-state index contributed by atoms with van der Waals surface area (Å²) < 4.78 is 5.99. The molecule has 0 amide bonds. The van der Waals surface area contributed by atoms with Crippen molar-refractivity contribution in [2.45, 2.75) is 38.4 Å². The lowest BCUT2D eigenvalue weighted by atomic mass is 9.89. The summed E-state index contributed by atoms with van der Waals surface area (Å²) in [7, 11) is 0. The Bertz CT molecular complexity index is 681. The molecule has 1 aliphatic heterocycles. The average Bonchev–Trinajstić information content (AvgIpc) is 2.36. The summed E-state index contributed by atoms with van der Waals surface area (Å²) in [5, 5.41) is 1.73. The van der Waals surface area contributed by atoms with Gasteiger partial charge in [0.25, 0.3) is 0 Å². The van der Waals surface area contributed by atoms with Crippen molar-refractivity contribution in [1.29, 1.82) is 0 Å². The van der Waals surface area contributed by atoms with Gasteiger partial charge in [0.1, 0.15) is 11.9 Å². The molecule has 1 aliphatic rings. The highest BCUT2D eigenvalue weighted by Gasteiger charge is 2.35. The third kappa shape index (κ3) is 2.32. The van der Waals surface area contributed by atoms with Crippen LogP contribution in [0.2, 0.25) is 5.02 Å². The first-order valence-corrected chi connectivity index (χ1v) is 7.08. The molecule has 0 radical (unpaired) electrons. The van der Waals surface area contributed by atoms with Crippen LogP contribution in [0, 0.1) is 0 Å². The zero-order valence-electron chi connectivity index (χ0n) is 11.5. The standard InChI is InChI=1S/C16H16ClNO2/c1-16(2)15-11(9-13(20-16)5-6-19)7-10-8-12(17)3-4-14(10)18-15/h3-4,6-8,13H,5,9H2,1-2H3. The smallest absolute Gasteiger partial charge is 0.122 e. The molecule has 1 unspecified atom stereocenters. The fourth-order valence-electron chi connectivity index (χ4n) is 2.87. The van der Waals surface area contributed by atoms with Gasteiger partial charge in [-0.1, -0.05) is 11.6 Å². The molecule has 0 N–H and O–H groups in total. The van der Waals surface area contributed by atoms with Crippen LogP contribution in [0.1, 0.15) is 31.5 Å². The zero-order chi connectivity index (χ0) is 14.3. The van der Waals surface area contributed by atoms with Gasteiger partial charge in [-0.3, -0.25) is 0 Å². The molecule has 0 bridgehead atoms. The molecule has 2 aromatic rings. The van der Waals surface area contributed by atoms with Gasteiger partial charge < -0.3 is 9.53 Å². The van der Waals surface area contributed by atoms with Crippen molar-refractivity contribution >= 4 is 28.8 Å². The summed E-state index contributed by atoms with van der Waals surface area (Å²) in [6.45, 7) is 4.00. The lowest BCUT2D eigenvalue weighted by molar-refractivity contribution is -0.119. The van der Waals surface area contributed by atoms with Crippen LogP contribution >= 0.6 is 11.6 Å². The molecule has 3 nitrogen and oxygen atoms in total. The number of nitrogens with zero attached hydrogens (tertiary/aromatic N) is 1. The van der Waals surface area contributed by atoms with Crippen molar-refractivity contribution in [3.63, 3.8) is 0 Å². The summed E-state index contributed by atoms with van der Waals surface area (Å²) in [5.74, 6) is 0. The highest BCUT2D eigenvalue weighted by molar-refractivity contribution is 6.31. The van der Waals surface area contributed by atoms with Crippen molar-refractivity contribution in [3.8, 4) is 0 Å². The number of ether oxygens (including phenoxy) is 1. The second-order valence-corrected chi connectivity index (χ2v) is 6.13. The van der Waals surface area contributed by atoms with Crippen LogP contribution in [-0.2, 0) is 21.6 Å². The number of pyridine rings is 1. The SMILES string of the molecule is CC1(C)OC(CC=O)Cc2cc3cc(Cl)ccc3nc21. The van der Waals surface area contributed by atoms with E-state index in [1.807, 2.05) is 32.0 Å².